The molecule has 0 rings (SSSR count). The molecule has 0 aromatic rings. The van der Waals surface area contributed by atoms with Crippen molar-refractivity contribution in [2.45, 2.75) is 13.0 Å². The molecule has 0 radical (unpaired) electrons. The summed E-state index contributed by atoms with van der Waals surface area (Å²) in [5.41, 5.74) is 5.39. The van der Waals surface area contributed by atoms with Crippen molar-refractivity contribution in [3.63, 3.8) is 0 Å². The van der Waals surface area contributed by atoms with Crippen molar-refractivity contribution < 1.29 is 5.11 Å². The lowest BCUT2D eigenvalue weighted by molar-refractivity contribution is 0.291. The number of nitrogens with two attached hydrogens (primary N) is 1. The molecule has 0 spiro atoms. The smallest absolute Gasteiger partial charge is 0.0555 e. The minimum Gasteiger partial charge on any atom is -0.395 e. The molecule has 3 nitrogen and oxygen atoms in total. The van der Waals surface area contributed by atoms with Crippen LogP contribution in [0, 0.1) is 0 Å². The molecule has 0 bridgehead atoms. The highest BCUT2D eigenvalue weighted by atomic mass is 16.3. The van der Waals surface area contributed by atoms with Crippen molar-refractivity contribution in [1.82, 2.24) is 5.32 Å². The van der Waals surface area contributed by atoms with Gasteiger partial charge in [0.25, 0.3) is 0 Å². The van der Waals surface area contributed by atoms with E-state index in [0.717, 1.165) is 6.54 Å². The Hall–Kier alpha value is -0.120. The number of aliphatic hydroxyl groups is 1. The predicted octanol–water partition coefficient (Wildman–Crippen LogP) is -1.08. The molecule has 0 aliphatic heterocycles. The van der Waals surface area contributed by atoms with Crippen LogP contribution >= 0.6 is 0 Å². The summed E-state index contributed by atoms with van der Waals surface area (Å²) in [4.78, 5) is 0. The van der Waals surface area contributed by atoms with Crippen molar-refractivity contribution >= 4 is 0 Å². The van der Waals surface area contributed by atoms with E-state index in [1.54, 1.807) is 0 Å². The van der Waals surface area contributed by atoms with Crippen LogP contribution in [0.5, 0.6) is 0 Å². The number of hydrogen-bond acceptors (Lipinski definition) is 3. The maximum absolute atomic E-state index is 8.28. The van der Waals surface area contributed by atoms with Crippen molar-refractivity contribution in [3.05, 3.63) is 0 Å². The van der Waals surface area contributed by atoms with Gasteiger partial charge in [-0.25, -0.2) is 0 Å². The van der Waals surface area contributed by atoms with Crippen LogP contribution in [-0.4, -0.2) is 30.8 Å². The van der Waals surface area contributed by atoms with Gasteiger partial charge in [0.2, 0.25) is 0 Å². The second-order valence-corrected chi connectivity index (χ2v) is 1.91. The summed E-state index contributed by atoms with van der Waals surface area (Å²) >= 11 is 0. The third kappa shape index (κ3) is 5.88. The number of aliphatic hydroxyl groups excluding tert-OH is 1. The van der Waals surface area contributed by atoms with Crippen molar-refractivity contribution in [1.29, 1.82) is 0 Å². The van der Waals surface area contributed by atoms with Crippen LogP contribution in [0.3, 0.4) is 0 Å². The number of nitrogens with one attached hydrogen (secondary N) is 1. The van der Waals surface area contributed by atoms with E-state index in [1.807, 2.05) is 6.92 Å². The fourth-order valence-corrected chi connectivity index (χ4v) is 0.409. The summed E-state index contributed by atoms with van der Waals surface area (Å²) < 4.78 is 0. The Morgan fingerprint density at radius 2 is 2.38 bits per heavy atom. The summed E-state index contributed by atoms with van der Waals surface area (Å²) in [7, 11) is 0. The third-order valence-corrected chi connectivity index (χ3v) is 0.755. The third-order valence-electron chi connectivity index (χ3n) is 0.755. The van der Waals surface area contributed by atoms with Gasteiger partial charge in [-0.15, -0.1) is 0 Å². The molecule has 0 aliphatic rings. The Bertz CT molecular complexity index is 47.7. The normalized spacial score (nSPS) is 13.9. The molecular formula is C5H14N2O. The first kappa shape index (κ1) is 7.88. The van der Waals surface area contributed by atoms with Crippen LogP contribution in [0.2, 0.25) is 0 Å². The summed E-state index contributed by atoms with van der Waals surface area (Å²) in [6.07, 6.45) is 0. The van der Waals surface area contributed by atoms with Gasteiger partial charge in [-0.05, 0) is 6.92 Å². The highest BCUT2D eigenvalue weighted by molar-refractivity contribution is 4.55. The molecule has 0 saturated carbocycles. The average molecular weight is 118 g/mol. The Balaban J connectivity index is 2.72. The first-order chi connectivity index (χ1) is 3.77. The van der Waals surface area contributed by atoms with Gasteiger partial charge in [-0.2, -0.15) is 0 Å². The topological polar surface area (TPSA) is 58.3 Å². The molecule has 0 fully saturated rings. The molecule has 0 saturated heterocycles. The molecule has 0 aliphatic carbocycles. The van der Waals surface area contributed by atoms with E-state index in [2.05, 4.69) is 5.32 Å². The van der Waals surface area contributed by atoms with Gasteiger partial charge in [-0.1, -0.05) is 0 Å². The fourth-order valence-electron chi connectivity index (χ4n) is 0.409. The first-order valence-corrected chi connectivity index (χ1v) is 2.84. The van der Waals surface area contributed by atoms with Gasteiger partial charge in [0.05, 0.1) is 6.61 Å². The quantitative estimate of drug-likeness (QED) is 0.411. The van der Waals surface area contributed by atoms with Crippen LogP contribution in [-0.2, 0) is 0 Å². The molecule has 4 N–H and O–H groups in total. The van der Waals surface area contributed by atoms with Crippen LogP contribution in [0.1, 0.15) is 6.92 Å². The molecule has 0 amide bonds. The molecule has 0 heterocycles. The first-order valence-electron chi connectivity index (χ1n) is 2.84. The van der Waals surface area contributed by atoms with Crippen LogP contribution in [0.4, 0.5) is 0 Å². The Morgan fingerprint density at radius 1 is 1.75 bits per heavy atom. The van der Waals surface area contributed by atoms with Crippen LogP contribution < -0.4 is 11.1 Å². The monoisotopic (exact) mass is 118 g/mol. The van der Waals surface area contributed by atoms with E-state index in [1.165, 1.54) is 0 Å². The van der Waals surface area contributed by atoms with Crippen molar-refractivity contribution in [3.8, 4) is 0 Å². The summed E-state index contributed by atoms with van der Waals surface area (Å²) in [6, 6.07) is 0.182. The van der Waals surface area contributed by atoms with Crippen molar-refractivity contribution in [2.75, 3.05) is 19.7 Å². The van der Waals surface area contributed by atoms with E-state index in [-0.39, 0.29) is 12.6 Å². The minimum absolute atomic E-state index is 0.182. The molecule has 50 valence electrons. The van der Waals surface area contributed by atoms with Gasteiger partial charge in [0.15, 0.2) is 0 Å². The van der Waals surface area contributed by atoms with E-state index in [0.29, 0.717) is 6.54 Å². The van der Waals surface area contributed by atoms with E-state index in [9.17, 15) is 0 Å². The summed E-state index contributed by atoms with van der Waals surface area (Å²) in [5, 5.41) is 11.2. The highest BCUT2D eigenvalue weighted by Crippen LogP contribution is 1.67. The lowest BCUT2D eigenvalue weighted by atomic mass is 10.4. The second kappa shape index (κ2) is 5.03. The van der Waals surface area contributed by atoms with Crippen LogP contribution in [0.25, 0.3) is 0 Å². The van der Waals surface area contributed by atoms with Crippen LogP contribution in [0.15, 0.2) is 0 Å². The van der Waals surface area contributed by atoms with Crippen molar-refractivity contribution in [2.24, 2.45) is 5.73 Å². The Labute approximate surface area is 49.9 Å². The maximum atomic E-state index is 8.28. The van der Waals surface area contributed by atoms with Gasteiger partial charge in [0.1, 0.15) is 0 Å². The number of hydrogen-bond donors (Lipinski definition) is 3. The lowest BCUT2D eigenvalue weighted by Crippen LogP contribution is -2.32. The van der Waals surface area contributed by atoms with E-state index >= 15 is 0 Å². The van der Waals surface area contributed by atoms with Gasteiger partial charge in [-0.3, -0.25) is 0 Å². The fraction of sp³-hybridized carbons (Fsp3) is 1.00. The number of rotatable bonds is 4. The van der Waals surface area contributed by atoms with Gasteiger partial charge in [0, 0.05) is 19.1 Å². The molecule has 1 atom stereocenters. The zero-order chi connectivity index (χ0) is 6.41. The predicted molar refractivity (Wildman–Crippen MR) is 33.6 cm³/mol. The van der Waals surface area contributed by atoms with E-state index < -0.39 is 0 Å². The largest absolute Gasteiger partial charge is 0.395 e. The molecule has 0 unspecified atom stereocenters. The Morgan fingerprint density at radius 3 is 2.75 bits per heavy atom. The maximum Gasteiger partial charge on any atom is 0.0555 e. The Kier molecular flexibility index (Phi) is 4.95. The lowest BCUT2D eigenvalue weighted by Gasteiger charge is -2.03. The highest BCUT2D eigenvalue weighted by Gasteiger charge is 1.89. The molecular weight excluding hydrogens is 104 g/mol. The SMILES string of the molecule is C[C@@H](N)CNCCO. The minimum atomic E-state index is 0.182. The van der Waals surface area contributed by atoms with Gasteiger partial charge < -0.3 is 16.2 Å². The second-order valence-electron chi connectivity index (χ2n) is 1.91. The molecule has 3 heteroatoms. The molecule has 0 aromatic heterocycles. The van der Waals surface area contributed by atoms with Gasteiger partial charge >= 0.3 is 0 Å². The zero-order valence-corrected chi connectivity index (χ0v) is 5.22. The standard InChI is InChI=1S/C5H14N2O/c1-5(6)4-7-2-3-8/h5,7-8H,2-4,6H2,1H3/t5-/m1/s1. The van der Waals surface area contributed by atoms with E-state index in [4.69, 9.17) is 10.8 Å². The summed E-state index contributed by atoms with van der Waals surface area (Å²) in [5.74, 6) is 0. The average Bonchev–Trinajstić information content (AvgIpc) is 1.66. The summed E-state index contributed by atoms with van der Waals surface area (Å²) in [6.45, 7) is 3.53. The molecule has 0 aromatic carbocycles. The molecule has 8 heavy (non-hydrogen) atoms. The zero-order valence-electron chi connectivity index (χ0n) is 5.22.